The quantitative estimate of drug-likeness (QED) is 0.357. The van der Waals surface area contributed by atoms with E-state index in [4.69, 9.17) is 0 Å². The molecular weight excluding hydrogens is 190 g/mol. The lowest BCUT2D eigenvalue weighted by Crippen LogP contribution is -2.43. The molecule has 0 unspecified atom stereocenters. The van der Waals surface area contributed by atoms with Gasteiger partial charge in [-0.2, -0.15) is 5.01 Å². The van der Waals surface area contributed by atoms with Crippen LogP contribution >= 0.6 is 0 Å². The molecule has 0 radical (unpaired) electrons. The number of carbonyl (C=O) groups is 3. The van der Waals surface area contributed by atoms with E-state index in [1.165, 1.54) is 7.05 Å². The Morgan fingerprint density at radius 3 is 2.36 bits per heavy atom. The van der Waals surface area contributed by atoms with Gasteiger partial charge in [0.25, 0.3) is 0 Å². The minimum Gasteiger partial charge on any atom is -0.296 e. The van der Waals surface area contributed by atoms with Crippen LogP contribution in [0, 0.1) is 10.8 Å². The summed E-state index contributed by atoms with van der Waals surface area (Å²) in [5.41, 5.74) is 0. The maximum atomic E-state index is 11.3. The Morgan fingerprint density at radius 2 is 1.93 bits per heavy atom. The van der Waals surface area contributed by atoms with Crippen molar-refractivity contribution in [2.24, 2.45) is 11.2 Å². The van der Waals surface area contributed by atoms with Crippen molar-refractivity contribution in [3.63, 3.8) is 0 Å². The minimum atomic E-state index is -0.765. The third-order valence-corrected chi connectivity index (χ3v) is 1.93. The summed E-state index contributed by atoms with van der Waals surface area (Å²) in [4.78, 5) is 43.1. The first-order valence-corrected chi connectivity index (χ1v) is 3.98. The van der Waals surface area contributed by atoms with Gasteiger partial charge < -0.3 is 0 Å². The van der Waals surface area contributed by atoms with E-state index in [-0.39, 0.29) is 12.8 Å². The number of hydrogen-bond donors (Lipinski definition) is 1. The molecular formula is C7H9N3O4. The Balaban J connectivity index is 2.68. The summed E-state index contributed by atoms with van der Waals surface area (Å²) in [6.07, 6.45) is -0.158. The van der Waals surface area contributed by atoms with Crippen LogP contribution in [0.15, 0.2) is 5.29 Å². The van der Waals surface area contributed by atoms with Crippen molar-refractivity contribution in [1.82, 2.24) is 10.3 Å². The van der Waals surface area contributed by atoms with E-state index in [2.05, 4.69) is 10.6 Å². The molecule has 1 fully saturated rings. The number of piperidine rings is 1. The highest BCUT2D eigenvalue weighted by Gasteiger charge is 2.32. The van der Waals surface area contributed by atoms with Crippen molar-refractivity contribution in [1.29, 1.82) is 0 Å². The smallest absolute Gasteiger partial charge is 0.249 e. The molecule has 1 N–H and O–H groups in total. The predicted octanol–water partition coefficient (Wildman–Crippen LogP) is -0.821. The highest BCUT2D eigenvalue weighted by molar-refractivity contribution is 6.01. The van der Waals surface area contributed by atoms with Crippen LogP contribution in [0.5, 0.6) is 0 Å². The predicted molar refractivity (Wildman–Crippen MR) is 44.4 cm³/mol. The molecule has 14 heavy (non-hydrogen) atoms. The van der Waals surface area contributed by atoms with Gasteiger partial charge in [0.05, 0.1) is 11.2 Å². The Bertz CT molecular complexity index is 285. The van der Waals surface area contributed by atoms with Crippen LogP contribution in [0.1, 0.15) is 12.8 Å². The summed E-state index contributed by atoms with van der Waals surface area (Å²) in [7, 11) is 1.19. The van der Waals surface area contributed by atoms with Crippen molar-refractivity contribution < 1.29 is 14.4 Å². The standard InChI is InChI=1S/C7H9N3O4/c1-10(9-14)7(13)4-2-5(11)8-6(12)3-4/h4H,2-3H2,1H3,(H,8,11,12). The van der Waals surface area contributed by atoms with Crippen LogP contribution in [0.25, 0.3) is 0 Å². The number of carbonyl (C=O) groups excluding carboxylic acids is 3. The fraction of sp³-hybridized carbons (Fsp3) is 0.571. The zero-order valence-corrected chi connectivity index (χ0v) is 7.52. The second-order valence-electron chi connectivity index (χ2n) is 3.02. The minimum absolute atomic E-state index is 0.0789. The number of rotatable bonds is 2. The Morgan fingerprint density at radius 1 is 1.43 bits per heavy atom. The summed E-state index contributed by atoms with van der Waals surface area (Å²) in [6.45, 7) is 0. The van der Waals surface area contributed by atoms with Gasteiger partial charge >= 0.3 is 0 Å². The number of hydrogen-bond acceptors (Lipinski definition) is 5. The molecule has 1 saturated heterocycles. The molecule has 0 atom stereocenters. The van der Waals surface area contributed by atoms with Gasteiger partial charge in [-0.1, -0.05) is 0 Å². The summed E-state index contributed by atoms with van der Waals surface area (Å²) < 4.78 is 0. The maximum Gasteiger partial charge on any atom is 0.249 e. The van der Waals surface area contributed by atoms with Crippen LogP contribution in [-0.4, -0.2) is 29.8 Å². The Kier molecular flexibility index (Phi) is 2.90. The number of amides is 3. The average molecular weight is 199 g/mol. The molecule has 7 nitrogen and oxygen atoms in total. The third-order valence-electron chi connectivity index (χ3n) is 1.93. The first kappa shape index (κ1) is 10.3. The van der Waals surface area contributed by atoms with Crippen molar-refractivity contribution in [2.75, 3.05) is 7.05 Å². The van der Waals surface area contributed by atoms with E-state index in [0.717, 1.165) is 0 Å². The van der Waals surface area contributed by atoms with Crippen molar-refractivity contribution in [3.8, 4) is 0 Å². The van der Waals surface area contributed by atoms with Gasteiger partial charge in [0.2, 0.25) is 17.7 Å². The van der Waals surface area contributed by atoms with E-state index in [9.17, 15) is 19.3 Å². The van der Waals surface area contributed by atoms with Crippen LogP contribution < -0.4 is 5.32 Å². The van der Waals surface area contributed by atoms with Crippen molar-refractivity contribution in [2.45, 2.75) is 12.8 Å². The lowest BCUT2D eigenvalue weighted by atomic mass is 9.96. The van der Waals surface area contributed by atoms with E-state index in [1.807, 2.05) is 0 Å². The largest absolute Gasteiger partial charge is 0.296 e. The van der Waals surface area contributed by atoms with E-state index in [0.29, 0.717) is 5.01 Å². The first-order valence-electron chi connectivity index (χ1n) is 3.98. The molecule has 0 spiro atoms. The lowest BCUT2D eigenvalue weighted by Gasteiger charge is -2.21. The Labute approximate surface area is 79.4 Å². The zero-order chi connectivity index (χ0) is 10.7. The molecule has 1 aliphatic rings. The van der Waals surface area contributed by atoms with Gasteiger partial charge in [-0.05, 0) is 0 Å². The maximum absolute atomic E-state index is 11.3. The normalized spacial score (nSPS) is 17.5. The van der Waals surface area contributed by atoms with Gasteiger partial charge in [-0.25, -0.2) is 0 Å². The SMILES string of the molecule is CN(N=O)C(=O)C1CC(=O)NC(=O)C1. The molecule has 3 amide bonds. The van der Waals surface area contributed by atoms with Gasteiger partial charge in [0, 0.05) is 19.9 Å². The fourth-order valence-corrected chi connectivity index (χ4v) is 1.26. The molecule has 0 aromatic rings. The van der Waals surface area contributed by atoms with E-state index < -0.39 is 23.6 Å². The summed E-state index contributed by atoms with van der Waals surface area (Å²) in [5.74, 6) is -2.38. The fourth-order valence-electron chi connectivity index (χ4n) is 1.26. The monoisotopic (exact) mass is 199 g/mol. The third kappa shape index (κ3) is 2.12. The molecule has 0 saturated carbocycles. The zero-order valence-electron chi connectivity index (χ0n) is 7.52. The number of imide groups is 1. The number of nitrogens with zero attached hydrogens (tertiary/aromatic N) is 2. The van der Waals surface area contributed by atoms with Gasteiger partial charge in [0.15, 0.2) is 0 Å². The molecule has 1 heterocycles. The van der Waals surface area contributed by atoms with Crippen molar-refractivity contribution in [3.05, 3.63) is 4.91 Å². The van der Waals surface area contributed by atoms with E-state index in [1.54, 1.807) is 0 Å². The van der Waals surface area contributed by atoms with Gasteiger partial charge in [0.1, 0.15) is 0 Å². The first-order chi connectivity index (χ1) is 6.54. The molecule has 7 heteroatoms. The molecule has 0 aromatic heterocycles. The number of nitroso groups, excluding NO2 is 1. The van der Waals surface area contributed by atoms with Gasteiger partial charge in [-0.15, -0.1) is 4.91 Å². The van der Waals surface area contributed by atoms with Crippen LogP contribution in [0.4, 0.5) is 0 Å². The summed E-state index contributed by atoms with van der Waals surface area (Å²) in [5, 5.41) is 5.06. The van der Waals surface area contributed by atoms with Crippen LogP contribution in [-0.2, 0) is 14.4 Å². The highest BCUT2D eigenvalue weighted by Crippen LogP contribution is 2.15. The molecule has 1 aliphatic heterocycles. The highest BCUT2D eigenvalue weighted by atomic mass is 16.3. The van der Waals surface area contributed by atoms with E-state index >= 15 is 0 Å². The lowest BCUT2D eigenvalue weighted by molar-refractivity contribution is -0.144. The summed E-state index contributed by atoms with van der Waals surface area (Å²) in [6, 6.07) is 0. The molecule has 1 rings (SSSR count). The van der Waals surface area contributed by atoms with Crippen molar-refractivity contribution >= 4 is 17.7 Å². The second kappa shape index (κ2) is 3.95. The van der Waals surface area contributed by atoms with Crippen LogP contribution in [0.3, 0.4) is 0 Å². The molecule has 0 bridgehead atoms. The van der Waals surface area contributed by atoms with Gasteiger partial charge in [-0.3, -0.25) is 19.7 Å². The second-order valence-corrected chi connectivity index (χ2v) is 3.02. The molecule has 0 aromatic carbocycles. The average Bonchev–Trinajstić information content (AvgIpc) is 2.14. The Hall–Kier alpha value is -1.79. The van der Waals surface area contributed by atoms with Crippen LogP contribution in [0.2, 0.25) is 0 Å². The molecule has 76 valence electrons. The number of nitrogens with one attached hydrogen (secondary N) is 1. The topological polar surface area (TPSA) is 95.9 Å². The molecule has 0 aliphatic carbocycles. The summed E-state index contributed by atoms with van der Waals surface area (Å²) >= 11 is 0.